The summed E-state index contributed by atoms with van der Waals surface area (Å²) in [5.41, 5.74) is 3.72. The van der Waals surface area contributed by atoms with E-state index in [0.717, 1.165) is 12.8 Å². The second kappa shape index (κ2) is 17.8. The molecule has 3 aromatic heterocycles. The lowest BCUT2D eigenvalue weighted by molar-refractivity contribution is -0.135. The predicted octanol–water partition coefficient (Wildman–Crippen LogP) is 6.58. The van der Waals surface area contributed by atoms with E-state index in [4.69, 9.17) is 9.47 Å². The summed E-state index contributed by atoms with van der Waals surface area (Å²) in [5.74, 6) is 0.319. The number of H-pyrrole nitrogens is 2. The van der Waals surface area contributed by atoms with Gasteiger partial charge in [-0.3, -0.25) is 9.59 Å². The van der Waals surface area contributed by atoms with Gasteiger partial charge < -0.3 is 39.9 Å². The zero-order chi connectivity index (χ0) is 42.5. The van der Waals surface area contributed by atoms with E-state index in [0.29, 0.717) is 77.0 Å². The Morgan fingerprint density at radius 1 is 0.656 bits per heavy atom. The van der Waals surface area contributed by atoms with Crippen LogP contribution in [0.5, 0.6) is 0 Å². The van der Waals surface area contributed by atoms with E-state index in [2.05, 4.69) is 40.5 Å². The van der Waals surface area contributed by atoms with Crippen LogP contribution in [0.4, 0.5) is 14.0 Å². The Balaban J connectivity index is 0.946. The van der Waals surface area contributed by atoms with Crippen molar-refractivity contribution in [3.63, 3.8) is 0 Å². The summed E-state index contributed by atoms with van der Waals surface area (Å²) >= 11 is 0. The number of ether oxygens (including phenoxy) is 2. The van der Waals surface area contributed by atoms with Crippen molar-refractivity contribution in [1.29, 1.82) is 0 Å². The Kier molecular flexibility index (Phi) is 11.8. The number of aromatic nitrogens is 6. The number of methoxy groups -OCH3 is 2. The number of benzene rings is 3. The Morgan fingerprint density at radius 3 is 1.64 bits per heavy atom. The Hall–Kier alpha value is -7.43. The van der Waals surface area contributed by atoms with E-state index in [1.807, 2.05) is 12.1 Å². The van der Waals surface area contributed by atoms with Crippen LogP contribution in [-0.4, -0.2) is 91.0 Å². The Bertz CT molecular complexity index is 2510. The van der Waals surface area contributed by atoms with Crippen molar-refractivity contribution in [2.75, 3.05) is 27.3 Å². The van der Waals surface area contributed by atoms with Gasteiger partial charge in [0.1, 0.15) is 29.5 Å². The van der Waals surface area contributed by atoms with Crippen molar-refractivity contribution in [2.24, 2.45) is 0 Å². The molecule has 4 atom stereocenters. The molecule has 5 heterocycles. The molecule has 0 saturated carbocycles. The van der Waals surface area contributed by atoms with Gasteiger partial charge in [-0.1, -0.05) is 66.7 Å². The highest BCUT2D eigenvalue weighted by molar-refractivity contribution is 5.88. The Labute approximate surface area is 349 Å². The highest BCUT2D eigenvalue weighted by Gasteiger charge is 2.38. The monoisotopic (exact) mass is 826 g/mol. The van der Waals surface area contributed by atoms with Crippen LogP contribution in [-0.2, 0) is 19.1 Å². The highest BCUT2D eigenvalue weighted by atomic mass is 19.1. The third-order valence-electron chi connectivity index (χ3n) is 11.0. The Morgan fingerprint density at radius 2 is 1.15 bits per heavy atom. The van der Waals surface area contributed by atoms with Gasteiger partial charge in [0.05, 0.1) is 50.1 Å². The van der Waals surface area contributed by atoms with Gasteiger partial charge in [-0.15, -0.1) is 0 Å². The summed E-state index contributed by atoms with van der Waals surface area (Å²) in [6.07, 6.45) is 7.81. The number of amides is 4. The molecule has 4 N–H and O–H groups in total. The first-order valence-corrected chi connectivity index (χ1v) is 19.8. The molecular formula is C44H43FN10O6. The lowest BCUT2D eigenvalue weighted by Crippen LogP contribution is -2.42. The number of hydrogen-bond acceptors (Lipinski definition) is 10. The first-order valence-electron chi connectivity index (χ1n) is 19.8. The van der Waals surface area contributed by atoms with Gasteiger partial charge >= 0.3 is 12.2 Å². The maximum Gasteiger partial charge on any atom is 0.407 e. The van der Waals surface area contributed by atoms with Crippen LogP contribution < -0.4 is 10.6 Å². The minimum Gasteiger partial charge on any atom is -0.453 e. The summed E-state index contributed by atoms with van der Waals surface area (Å²) in [6, 6.07) is 20.0. The lowest BCUT2D eigenvalue weighted by atomic mass is 10.0. The summed E-state index contributed by atoms with van der Waals surface area (Å²) in [5, 5.41) is 5.33. The fourth-order valence-electron chi connectivity index (χ4n) is 7.97. The van der Waals surface area contributed by atoms with Crippen LogP contribution in [0.3, 0.4) is 0 Å². The zero-order valence-electron chi connectivity index (χ0n) is 33.4. The summed E-state index contributed by atoms with van der Waals surface area (Å²) in [6.45, 7) is 0.955. The van der Waals surface area contributed by atoms with E-state index < -0.39 is 36.1 Å². The predicted molar refractivity (Wildman–Crippen MR) is 219 cm³/mol. The molecule has 8 rings (SSSR count). The van der Waals surface area contributed by atoms with Crippen LogP contribution >= 0.6 is 0 Å². The van der Waals surface area contributed by atoms with E-state index in [9.17, 15) is 19.2 Å². The van der Waals surface area contributed by atoms with Crippen molar-refractivity contribution >= 4 is 24.0 Å². The molecule has 0 unspecified atom stereocenters. The molecule has 17 heteroatoms. The SMILES string of the molecule is COC(=O)N[C@@H](C(=O)N1CCC[C@H]1c1ncc(-c2cnc(-c3ccc(-c4cnc([C@@H]5CCCN5C(=O)[C@H](NC(=O)OC)c5ccccc5)[nH]4)c(F)c3)nc2)[nH]1)c1ccccc1. The zero-order valence-corrected chi connectivity index (χ0v) is 33.4. The number of aromatic amines is 2. The summed E-state index contributed by atoms with van der Waals surface area (Å²) < 4.78 is 25.4. The van der Waals surface area contributed by atoms with Crippen LogP contribution in [0, 0.1) is 5.82 Å². The molecule has 4 amide bonds. The van der Waals surface area contributed by atoms with Crippen molar-refractivity contribution < 1.29 is 33.0 Å². The smallest absolute Gasteiger partial charge is 0.407 e. The van der Waals surface area contributed by atoms with Gasteiger partial charge in [0, 0.05) is 42.2 Å². The quantitative estimate of drug-likeness (QED) is 0.111. The number of alkyl carbamates (subject to hydrolysis) is 2. The number of hydrogen-bond donors (Lipinski definition) is 4. The van der Waals surface area contributed by atoms with E-state index >= 15 is 4.39 Å². The van der Waals surface area contributed by atoms with E-state index in [1.54, 1.807) is 95.3 Å². The number of likely N-dealkylation sites (tertiary alicyclic amines) is 2. The van der Waals surface area contributed by atoms with E-state index in [-0.39, 0.29) is 23.4 Å². The standard InChI is InChI=1S/C44H43FN10O6/c1-60-43(58)52-36(26-11-5-3-6-12-26)41(56)54-19-9-15-34(54)39-48-24-32(50-39)29-22-46-38(47-23-29)28-17-18-30(31(45)21-28)33-25-49-40(51-33)35-16-10-20-55(35)42(57)37(53-44(59)61-2)27-13-7-4-8-14-27/h3-8,11-14,17-18,21-25,34-37H,9-10,15-16,19-20H2,1-2H3,(H,48,50)(H,49,51)(H,52,58)(H,53,59)/t34-,35-,36+,37+/m0/s1. The molecule has 2 saturated heterocycles. The first kappa shape index (κ1) is 40.4. The van der Waals surface area contributed by atoms with E-state index in [1.165, 1.54) is 20.3 Å². The molecule has 0 bridgehead atoms. The summed E-state index contributed by atoms with van der Waals surface area (Å²) in [7, 11) is 2.50. The molecule has 2 aliphatic heterocycles. The van der Waals surface area contributed by atoms with Crippen molar-refractivity contribution in [3.8, 4) is 33.9 Å². The number of carbonyl (C=O) groups is 4. The van der Waals surface area contributed by atoms with Crippen molar-refractivity contribution in [1.82, 2.24) is 50.3 Å². The second-order valence-electron chi connectivity index (χ2n) is 14.7. The third-order valence-corrected chi connectivity index (χ3v) is 11.0. The van der Waals surface area contributed by atoms with Crippen molar-refractivity contribution in [3.05, 3.63) is 132 Å². The highest BCUT2D eigenvalue weighted by Crippen LogP contribution is 2.36. The number of carbonyl (C=O) groups excluding carboxylic acids is 4. The van der Waals surface area contributed by atoms with Gasteiger partial charge in [-0.05, 0) is 48.9 Å². The number of halogens is 1. The van der Waals surface area contributed by atoms with Gasteiger partial charge in [0.15, 0.2) is 5.82 Å². The molecule has 312 valence electrons. The van der Waals surface area contributed by atoms with Crippen LogP contribution in [0.1, 0.15) is 72.6 Å². The fraction of sp³-hybridized carbons (Fsp3) is 0.273. The van der Waals surface area contributed by atoms with Gasteiger partial charge in [0.25, 0.3) is 11.8 Å². The number of imidazole rings is 2. The third kappa shape index (κ3) is 8.53. The average Bonchev–Trinajstić information content (AvgIpc) is 4.15. The van der Waals surface area contributed by atoms with Gasteiger partial charge in [-0.2, -0.15) is 0 Å². The average molecular weight is 827 g/mol. The molecular weight excluding hydrogens is 784 g/mol. The van der Waals surface area contributed by atoms with Crippen molar-refractivity contribution in [2.45, 2.75) is 49.9 Å². The largest absolute Gasteiger partial charge is 0.453 e. The topological polar surface area (TPSA) is 200 Å². The minimum absolute atomic E-state index is 0.271. The molecule has 61 heavy (non-hydrogen) atoms. The minimum atomic E-state index is -0.958. The number of nitrogens with zero attached hydrogens (tertiary/aromatic N) is 6. The second-order valence-corrected chi connectivity index (χ2v) is 14.7. The maximum atomic E-state index is 15.8. The molecule has 6 aromatic rings. The van der Waals surface area contributed by atoms with Gasteiger partial charge in [0.2, 0.25) is 0 Å². The molecule has 0 aliphatic carbocycles. The van der Waals surface area contributed by atoms with Crippen LogP contribution in [0.25, 0.3) is 33.9 Å². The lowest BCUT2D eigenvalue weighted by Gasteiger charge is -2.28. The number of rotatable bonds is 11. The first-order chi connectivity index (χ1) is 29.7. The van der Waals surface area contributed by atoms with Crippen LogP contribution in [0.2, 0.25) is 0 Å². The van der Waals surface area contributed by atoms with Crippen LogP contribution in [0.15, 0.2) is 104 Å². The molecule has 2 aliphatic rings. The normalized spacial score (nSPS) is 17.1. The molecule has 2 fully saturated rings. The number of nitrogens with one attached hydrogen (secondary N) is 4. The molecule has 3 aromatic carbocycles. The summed E-state index contributed by atoms with van der Waals surface area (Å²) in [4.78, 5) is 80.3. The van der Waals surface area contributed by atoms with Gasteiger partial charge in [-0.25, -0.2) is 33.9 Å². The molecule has 0 spiro atoms. The maximum absolute atomic E-state index is 15.8. The fourth-order valence-corrected chi connectivity index (χ4v) is 7.97. The molecule has 0 radical (unpaired) electrons. The molecule has 16 nitrogen and oxygen atoms in total.